The minimum Gasteiger partial charge on any atom is -0.376 e. The molecule has 0 saturated heterocycles. The maximum absolute atomic E-state index is 11.6. The average molecular weight is 228 g/mol. The number of nitrogens with one attached hydrogen (secondary N) is 1. The quantitative estimate of drug-likeness (QED) is 0.680. The Hall–Kier alpha value is -0.610. The second-order valence-corrected chi connectivity index (χ2v) is 5.12. The Bertz CT molecular complexity index is 251. The standard InChI is InChI=1S/C12H24N2O2/c1-8(2)9(3)16-7-12(14-4,11(13)15)10-5-6-10/h8-10,14H,5-7H2,1-4H3,(H2,13,15). The maximum atomic E-state index is 11.6. The topological polar surface area (TPSA) is 64.3 Å². The zero-order valence-corrected chi connectivity index (χ0v) is 10.7. The lowest BCUT2D eigenvalue weighted by Crippen LogP contribution is -2.59. The number of ether oxygens (including phenoxy) is 1. The molecule has 1 rings (SSSR count). The number of carbonyl (C=O) groups is 1. The first-order valence-corrected chi connectivity index (χ1v) is 6.04. The van der Waals surface area contributed by atoms with E-state index in [0.29, 0.717) is 18.4 Å². The van der Waals surface area contributed by atoms with Crippen molar-refractivity contribution in [2.24, 2.45) is 17.6 Å². The highest BCUT2D eigenvalue weighted by Gasteiger charge is 2.49. The number of rotatable bonds is 7. The number of amides is 1. The van der Waals surface area contributed by atoms with Crippen LogP contribution in [0.15, 0.2) is 0 Å². The summed E-state index contributed by atoms with van der Waals surface area (Å²) >= 11 is 0. The normalized spacial score (nSPS) is 21.8. The molecule has 1 aliphatic rings. The van der Waals surface area contributed by atoms with Gasteiger partial charge in [-0.05, 0) is 38.6 Å². The second-order valence-electron chi connectivity index (χ2n) is 5.12. The predicted molar refractivity (Wildman–Crippen MR) is 64.0 cm³/mol. The highest BCUT2D eigenvalue weighted by molar-refractivity contribution is 5.85. The van der Waals surface area contributed by atoms with Crippen LogP contribution in [0.4, 0.5) is 0 Å². The van der Waals surface area contributed by atoms with Crippen LogP contribution in [0.1, 0.15) is 33.6 Å². The van der Waals surface area contributed by atoms with Crippen molar-refractivity contribution in [1.29, 1.82) is 0 Å². The predicted octanol–water partition coefficient (Wildman–Crippen LogP) is 0.901. The minimum atomic E-state index is -0.664. The van der Waals surface area contributed by atoms with Gasteiger partial charge in [-0.25, -0.2) is 0 Å². The summed E-state index contributed by atoms with van der Waals surface area (Å²) in [6.07, 6.45) is 2.26. The van der Waals surface area contributed by atoms with Crippen molar-refractivity contribution in [3.8, 4) is 0 Å². The Morgan fingerprint density at radius 3 is 2.38 bits per heavy atom. The molecule has 0 aliphatic heterocycles. The maximum Gasteiger partial charge on any atom is 0.240 e. The van der Waals surface area contributed by atoms with Crippen molar-refractivity contribution in [2.45, 2.75) is 45.3 Å². The third kappa shape index (κ3) is 2.74. The minimum absolute atomic E-state index is 0.144. The van der Waals surface area contributed by atoms with Gasteiger partial charge in [-0.15, -0.1) is 0 Å². The lowest BCUT2D eigenvalue weighted by Gasteiger charge is -2.32. The van der Waals surface area contributed by atoms with Gasteiger partial charge < -0.3 is 15.8 Å². The van der Waals surface area contributed by atoms with E-state index < -0.39 is 5.54 Å². The number of hydrogen-bond donors (Lipinski definition) is 2. The first kappa shape index (κ1) is 13.5. The molecule has 1 amide bonds. The lowest BCUT2D eigenvalue weighted by molar-refractivity contribution is -0.129. The van der Waals surface area contributed by atoms with Gasteiger partial charge in [0.15, 0.2) is 0 Å². The zero-order chi connectivity index (χ0) is 12.3. The SMILES string of the molecule is CNC(COC(C)C(C)C)(C(N)=O)C1CC1. The van der Waals surface area contributed by atoms with E-state index in [1.165, 1.54) is 0 Å². The second kappa shape index (κ2) is 5.15. The third-order valence-corrected chi connectivity index (χ3v) is 3.67. The Morgan fingerprint density at radius 2 is 2.06 bits per heavy atom. The fourth-order valence-electron chi connectivity index (χ4n) is 1.82. The van der Waals surface area contributed by atoms with Crippen molar-refractivity contribution >= 4 is 5.91 Å². The van der Waals surface area contributed by atoms with E-state index in [-0.39, 0.29) is 12.0 Å². The molecule has 0 spiro atoms. The summed E-state index contributed by atoms with van der Waals surface area (Å²) in [7, 11) is 1.78. The molecular weight excluding hydrogens is 204 g/mol. The Labute approximate surface area is 97.9 Å². The summed E-state index contributed by atoms with van der Waals surface area (Å²) in [4.78, 5) is 11.6. The molecule has 2 unspecified atom stereocenters. The van der Waals surface area contributed by atoms with Crippen molar-refractivity contribution in [3.05, 3.63) is 0 Å². The molecule has 4 nitrogen and oxygen atoms in total. The molecule has 0 aromatic carbocycles. The van der Waals surface area contributed by atoms with Crippen LogP contribution in [0.25, 0.3) is 0 Å². The molecule has 16 heavy (non-hydrogen) atoms. The smallest absolute Gasteiger partial charge is 0.240 e. The first-order valence-electron chi connectivity index (χ1n) is 6.04. The van der Waals surface area contributed by atoms with E-state index in [2.05, 4.69) is 19.2 Å². The fourth-order valence-corrected chi connectivity index (χ4v) is 1.82. The van der Waals surface area contributed by atoms with Crippen LogP contribution in [-0.4, -0.2) is 31.2 Å². The number of likely N-dealkylation sites (N-methyl/N-ethyl adjacent to an activating group) is 1. The molecule has 0 aromatic heterocycles. The van der Waals surface area contributed by atoms with Crippen LogP contribution in [0.2, 0.25) is 0 Å². The van der Waals surface area contributed by atoms with Crippen LogP contribution in [0, 0.1) is 11.8 Å². The van der Waals surface area contributed by atoms with Gasteiger partial charge >= 0.3 is 0 Å². The van der Waals surface area contributed by atoms with Gasteiger partial charge in [-0.2, -0.15) is 0 Å². The number of nitrogens with two attached hydrogens (primary N) is 1. The molecular formula is C12H24N2O2. The molecule has 1 aliphatic carbocycles. The summed E-state index contributed by atoms with van der Waals surface area (Å²) < 4.78 is 5.76. The zero-order valence-electron chi connectivity index (χ0n) is 10.7. The Morgan fingerprint density at radius 1 is 1.50 bits per heavy atom. The number of primary amides is 1. The molecule has 1 fully saturated rings. The van der Waals surface area contributed by atoms with Gasteiger partial charge in [0, 0.05) is 0 Å². The Balaban J connectivity index is 2.60. The van der Waals surface area contributed by atoms with Gasteiger partial charge in [0.1, 0.15) is 5.54 Å². The van der Waals surface area contributed by atoms with Gasteiger partial charge in [0.25, 0.3) is 0 Å². The first-order chi connectivity index (χ1) is 7.44. The van der Waals surface area contributed by atoms with E-state index in [4.69, 9.17) is 10.5 Å². The molecule has 94 valence electrons. The van der Waals surface area contributed by atoms with Crippen molar-refractivity contribution in [3.63, 3.8) is 0 Å². The van der Waals surface area contributed by atoms with Crippen LogP contribution < -0.4 is 11.1 Å². The molecule has 2 atom stereocenters. The van der Waals surface area contributed by atoms with E-state index in [0.717, 1.165) is 12.8 Å². The molecule has 0 radical (unpaired) electrons. The van der Waals surface area contributed by atoms with Gasteiger partial charge in [-0.3, -0.25) is 4.79 Å². The van der Waals surface area contributed by atoms with Crippen LogP contribution in [-0.2, 0) is 9.53 Å². The molecule has 1 saturated carbocycles. The Kier molecular flexibility index (Phi) is 4.33. The molecule has 3 N–H and O–H groups in total. The fraction of sp³-hybridized carbons (Fsp3) is 0.917. The van der Waals surface area contributed by atoms with E-state index in [1.807, 2.05) is 6.92 Å². The highest BCUT2D eigenvalue weighted by atomic mass is 16.5. The van der Waals surface area contributed by atoms with Crippen molar-refractivity contribution in [2.75, 3.05) is 13.7 Å². The van der Waals surface area contributed by atoms with Gasteiger partial charge in [-0.1, -0.05) is 13.8 Å². The van der Waals surface area contributed by atoms with Crippen molar-refractivity contribution in [1.82, 2.24) is 5.32 Å². The summed E-state index contributed by atoms with van der Waals surface area (Å²) in [6, 6.07) is 0. The molecule has 0 heterocycles. The average Bonchev–Trinajstić information content (AvgIpc) is 3.02. The number of carbonyl (C=O) groups excluding carboxylic acids is 1. The largest absolute Gasteiger partial charge is 0.376 e. The molecule has 0 aromatic rings. The molecule has 0 bridgehead atoms. The van der Waals surface area contributed by atoms with Crippen LogP contribution in [0.3, 0.4) is 0 Å². The third-order valence-electron chi connectivity index (χ3n) is 3.67. The lowest BCUT2D eigenvalue weighted by atomic mass is 9.93. The highest BCUT2D eigenvalue weighted by Crippen LogP contribution is 2.39. The van der Waals surface area contributed by atoms with Crippen LogP contribution >= 0.6 is 0 Å². The summed E-state index contributed by atoms with van der Waals surface area (Å²) in [6.45, 7) is 6.61. The monoisotopic (exact) mass is 228 g/mol. The summed E-state index contributed by atoms with van der Waals surface area (Å²) in [5.74, 6) is 0.490. The van der Waals surface area contributed by atoms with E-state index in [9.17, 15) is 4.79 Å². The van der Waals surface area contributed by atoms with Gasteiger partial charge in [0.2, 0.25) is 5.91 Å². The summed E-state index contributed by atoms with van der Waals surface area (Å²) in [5.41, 5.74) is 4.84. The molecule has 4 heteroatoms. The van der Waals surface area contributed by atoms with Crippen molar-refractivity contribution < 1.29 is 9.53 Å². The van der Waals surface area contributed by atoms with Gasteiger partial charge in [0.05, 0.1) is 12.7 Å². The van der Waals surface area contributed by atoms with Crippen LogP contribution in [0.5, 0.6) is 0 Å². The van der Waals surface area contributed by atoms with E-state index in [1.54, 1.807) is 7.05 Å². The summed E-state index contributed by atoms with van der Waals surface area (Å²) in [5, 5.41) is 3.07. The number of hydrogen-bond acceptors (Lipinski definition) is 3. The van der Waals surface area contributed by atoms with E-state index >= 15 is 0 Å².